The van der Waals surface area contributed by atoms with E-state index in [1.165, 1.54) is 0 Å². The monoisotopic (exact) mass is 414 g/mol. The molecule has 1 saturated heterocycles. The lowest BCUT2D eigenvalue weighted by Crippen LogP contribution is -2.37. The fourth-order valence-corrected chi connectivity index (χ4v) is 3.54. The molecule has 1 aliphatic rings. The SMILES string of the molecule is Cc1cc(CNC(=O)c2cc(C(C)C)nn2C)ccc1OCCCN1CCOCC1. The number of aromatic nitrogens is 2. The molecule has 30 heavy (non-hydrogen) atoms. The summed E-state index contributed by atoms with van der Waals surface area (Å²) in [4.78, 5) is 14.9. The molecule has 0 saturated carbocycles. The number of hydrogen-bond donors (Lipinski definition) is 1. The molecule has 1 N–H and O–H groups in total. The maximum Gasteiger partial charge on any atom is 0.269 e. The second-order valence-electron chi connectivity index (χ2n) is 8.17. The lowest BCUT2D eigenvalue weighted by atomic mass is 10.1. The second kappa shape index (κ2) is 10.6. The Morgan fingerprint density at radius 1 is 1.27 bits per heavy atom. The minimum Gasteiger partial charge on any atom is -0.493 e. The van der Waals surface area contributed by atoms with Crippen molar-refractivity contribution in [2.75, 3.05) is 39.5 Å². The van der Waals surface area contributed by atoms with E-state index >= 15 is 0 Å². The number of benzene rings is 1. The van der Waals surface area contributed by atoms with Gasteiger partial charge in [-0.05, 0) is 42.5 Å². The zero-order valence-electron chi connectivity index (χ0n) is 18.6. The maximum atomic E-state index is 12.5. The van der Waals surface area contributed by atoms with Crippen molar-refractivity contribution in [2.24, 2.45) is 7.05 Å². The second-order valence-corrected chi connectivity index (χ2v) is 8.17. The number of carbonyl (C=O) groups excluding carboxylic acids is 1. The smallest absolute Gasteiger partial charge is 0.269 e. The fourth-order valence-electron chi connectivity index (χ4n) is 3.54. The van der Waals surface area contributed by atoms with Crippen LogP contribution in [0.1, 0.15) is 53.5 Å². The van der Waals surface area contributed by atoms with E-state index < -0.39 is 0 Å². The highest BCUT2D eigenvalue weighted by molar-refractivity contribution is 5.92. The first kappa shape index (κ1) is 22.3. The van der Waals surface area contributed by atoms with Gasteiger partial charge < -0.3 is 14.8 Å². The molecule has 7 nitrogen and oxygen atoms in total. The van der Waals surface area contributed by atoms with E-state index in [4.69, 9.17) is 9.47 Å². The molecule has 2 aromatic rings. The number of nitrogens with one attached hydrogen (secondary N) is 1. The number of ether oxygens (including phenoxy) is 2. The highest BCUT2D eigenvalue weighted by atomic mass is 16.5. The van der Waals surface area contributed by atoms with Gasteiger partial charge in [0.25, 0.3) is 5.91 Å². The van der Waals surface area contributed by atoms with E-state index in [-0.39, 0.29) is 5.91 Å². The van der Waals surface area contributed by atoms with Crippen molar-refractivity contribution in [3.8, 4) is 5.75 Å². The predicted octanol–water partition coefficient (Wildman–Crippen LogP) is 2.88. The van der Waals surface area contributed by atoms with Crippen LogP contribution in [0.5, 0.6) is 5.75 Å². The van der Waals surface area contributed by atoms with Crippen LogP contribution >= 0.6 is 0 Å². The molecule has 0 atom stereocenters. The Hall–Kier alpha value is -2.38. The zero-order chi connectivity index (χ0) is 21.5. The molecule has 1 aromatic heterocycles. The van der Waals surface area contributed by atoms with Gasteiger partial charge in [-0.2, -0.15) is 5.10 Å². The average Bonchev–Trinajstić information content (AvgIpc) is 3.13. The van der Waals surface area contributed by atoms with Crippen LogP contribution in [-0.4, -0.2) is 60.0 Å². The first-order valence-electron chi connectivity index (χ1n) is 10.8. The van der Waals surface area contributed by atoms with Gasteiger partial charge in [0.2, 0.25) is 0 Å². The molecular formula is C23H34N4O3. The van der Waals surface area contributed by atoms with Gasteiger partial charge in [0.15, 0.2) is 0 Å². The summed E-state index contributed by atoms with van der Waals surface area (Å²) in [6, 6.07) is 7.93. The third-order valence-corrected chi connectivity index (χ3v) is 5.40. The van der Waals surface area contributed by atoms with Gasteiger partial charge in [-0.25, -0.2) is 0 Å². The summed E-state index contributed by atoms with van der Waals surface area (Å²) in [7, 11) is 1.80. The zero-order valence-corrected chi connectivity index (χ0v) is 18.6. The van der Waals surface area contributed by atoms with Crippen molar-refractivity contribution < 1.29 is 14.3 Å². The van der Waals surface area contributed by atoms with Crippen molar-refractivity contribution in [3.05, 3.63) is 46.8 Å². The van der Waals surface area contributed by atoms with Crippen molar-refractivity contribution in [3.63, 3.8) is 0 Å². The maximum absolute atomic E-state index is 12.5. The van der Waals surface area contributed by atoms with Gasteiger partial charge in [-0.15, -0.1) is 0 Å². The average molecular weight is 415 g/mol. The molecule has 0 aliphatic carbocycles. The van der Waals surface area contributed by atoms with Crippen LogP contribution in [-0.2, 0) is 18.3 Å². The normalized spacial score (nSPS) is 14.8. The van der Waals surface area contributed by atoms with E-state index in [0.717, 1.165) is 61.8 Å². The first-order chi connectivity index (χ1) is 14.4. The minimum atomic E-state index is -0.113. The molecule has 0 unspecified atom stereocenters. The lowest BCUT2D eigenvalue weighted by Gasteiger charge is -2.26. The summed E-state index contributed by atoms with van der Waals surface area (Å²) in [5, 5.41) is 7.39. The first-order valence-corrected chi connectivity index (χ1v) is 10.8. The molecule has 1 fully saturated rings. The summed E-state index contributed by atoms with van der Waals surface area (Å²) in [6.45, 7) is 12.1. The van der Waals surface area contributed by atoms with Crippen molar-refractivity contribution >= 4 is 5.91 Å². The van der Waals surface area contributed by atoms with E-state index in [2.05, 4.69) is 35.2 Å². The number of amides is 1. The Balaban J connectivity index is 1.46. The molecule has 0 bridgehead atoms. The van der Waals surface area contributed by atoms with E-state index in [1.54, 1.807) is 11.7 Å². The molecule has 1 aliphatic heterocycles. The van der Waals surface area contributed by atoms with Gasteiger partial charge in [0.05, 0.1) is 25.5 Å². The highest BCUT2D eigenvalue weighted by Crippen LogP contribution is 2.20. The Kier molecular flexibility index (Phi) is 7.87. The number of nitrogens with zero attached hydrogens (tertiary/aromatic N) is 3. The number of hydrogen-bond acceptors (Lipinski definition) is 5. The van der Waals surface area contributed by atoms with Gasteiger partial charge in [-0.3, -0.25) is 14.4 Å². The Morgan fingerprint density at radius 3 is 2.70 bits per heavy atom. The van der Waals surface area contributed by atoms with Gasteiger partial charge in [0.1, 0.15) is 11.4 Å². The van der Waals surface area contributed by atoms with Crippen LogP contribution in [0.3, 0.4) is 0 Å². The largest absolute Gasteiger partial charge is 0.493 e. The van der Waals surface area contributed by atoms with Gasteiger partial charge in [-0.1, -0.05) is 26.0 Å². The van der Waals surface area contributed by atoms with Crippen LogP contribution in [0.4, 0.5) is 0 Å². The number of morpholine rings is 1. The molecule has 164 valence electrons. The number of rotatable bonds is 9. The van der Waals surface area contributed by atoms with Crippen LogP contribution in [0.25, 0.3) is 0 Å². The van der Waals surface area contributed by atoms with Crippen molar-refractivity contribution in [1.29, 1.82) is 0 Å². The van der Waals surface area contributed by atoms with Crippen molar-refractivity contribution in [1.82, 2.24) is 20.0 Å². The molecule has 0 spiro atoms. The summed E-state index contributed by atoms with van der Waals surface area (Å²) in [5.74, 6) is 1.08. The van der Waals surface area contributed by atoms with Gasteiger partial charge in [0, 0.05) is 33.2 Å². The van der Waals surface area contributed by atoms with Crippen LogP contribution in [0.2, 0.25) is 0 Å². The number of aryl methyl sites for hydroxylation is 2. The lowest BCUT2D eigenvalue weighted by molar-refractivity contribution is 0.0358. The standard InChI is InChI=1S/C23H34N4O3/c1-17(2)20-15-21(26(4)25-20)23(28)24-16-19-6-7-22(18(3)14-19)30-11-5-8-27-9-12-29-13-10-27/h6-7,14-15,17H,5,8-13,16H2,1-4H3,(H,24,28). The summed E-state index contributed by atoms with van der Waals surface area (Å²) < 4.78 is 13.0. The third kappa shape index (κ3) is 6.06. The van der Waals surface area contributed by atoms with E-state index in [0.29, 0.717) is 24.8 Å². The molecule has 1 amide bonds. The molecule has 2 heterocycles. The number of carbonyl (C=O) groups is 1. The molecule has 1 aromatic carbocycles. The molecule has 0 radical (unpaired) electrons. The van der Waals surface area contributed by atoms with E-state index in [9.17, 15) is 4.79 Å². The summed E-state index contributed by atoms with van der Waals surface area (Å²) in [6.07, 6.45) is 1.00. The Labute approximate surface area is 179 Å². The minimum absolute atomic E-state index is 0.113. The van der Waals surface area contributed by atoms with Crippen molar-refractivity contribution in [2.45, 2.75) is 39.7 Å². The van der Waals surface area contributed by atoms with Crippen LogP contribution < -0.4 is 10.1 Å². The third-order valence-electron chi connectivity index (χ3n) is 5.40. The topological polar surface area (TPSA) is 68.6 Å². The summed E-state index contributed by atoms with van der Waals surface area (Å²) >= 11 is 0. The van der Waals surface area contributed by atoms with Crippen LogP contribution in [0, 0.1) is 6.92 Å². The van der Waals surface area contributed by atoms with Crippen LogP contribution in [0.15, 0.2) is 24.3 Å². The molecular weight excluding hydrogens is 380 g/mol. The molecule has 7 heteroatoms. The highest BCUT2D eigenvalue weighted by Gasteiger charge is 2.15. The fraction of sp³-hybridized carbons (Fsp3) is 0.565. The Bertz CT molecular complexity index is 841. The van der Waals surface area contributed by atoms with E-state index in [1.807, 2.05) is 25.1 Å². The predicted molar refractivity (Wildman–Crippen MR) is 117 cm³/mol. The Morgan fingerprint density at radius 2 is 2.03 bits per heavy atom. The quantitative estimate of drug-likeness (QED) is 0.639. The summed E-state index contributed by atoms with van der Waals surface area (Å²) in [5.41, 5.74) is 3.63. The molecule has 3 rings (SSSR count). The van der Waals surface area contributed by atoms with Gasteiger partial charge >= 0.3 is 0 Å².